The molecule has 0 saturated heterocycles. The highest BCUT2D eigenvalue weighted by atomic mass is 35.5. The molecule has 0 aliphatic carbocycles. The van der Waals surface area contributed by atoms with Crippen molar-refractivity contribution in [3.05, 3.63) is 52.0 Å². The molecule has 2 aromatic rings. The Morgan fingerprint density at radius 1 is 1.33 bits per heavy atom. The van der Waals surface area contributed by atoms with E-state index in [9.17, 15) is 4.79 Å². The van der Waals surface area contributed by atoms with E-state index in [0.717, 1.165) is 11.4 Å². The Bertz CT molecular complexity index is 548. The first-order valence-corrected chi connectivity index (χ1v) is 7.06. The molecule has 1 aromatic heterocycles. The molecule has 0 aliphatic rings. The molecule has 116 valence electrons. The van der Waals surface area contributed by atoms with Gasteiger partial charge in [0.15, 0.2) is 0 Å². The zero-order valence-corrected chi connectivity index (χ0v) is 14.1. The minimum absolute atomic E-state index is 0. The van der Waals surface area contributed by atoms with Crippen molar-refractivity contribution in [3.63, 3.8) is 0 Å². The van der Waals surface area contributed by atoms with Crippen molar-refractivity contribution in [1.29, 1.82) is 0 Å². The molecule has 2 rings (SSSR count). The van der Waals surface area contributed by atoms with Crippen molar-refractivity contribution < 1.29 is 4.79 Å². The van der Waals surface area contributed by atoms with E-state index in [0.29, 0.717) is 12.2 Å². The Labute approximate surface area is 141 Å². The lowest BCUT2D eigenvalue weighted by molar-refractivity contribution is 0.0937. The number of thiazole rings is 1. The highest BCUT2D eigenvalue weighted by molar-refractivity contribution is 7.09. The highest BCUT2D eigenvalue weighted by Gasteiger charge is 2.12. The zero-order chi connectivity index (χ0) is 13.7. The Hall–Kier alpha value is -1.14. The molecule has 7 heteroatoms. The smallest absolute Gasteiger partial charge is 0.271 e. The number of hydrogen-bond acceptors (Lipinski definition) is 4. The van der Waals surface area contributed by atoms with Crippen molar-refractivity contribution in [2.75, 3.05) is 6.54 Å². The summed E-state index contributed by atoms with van der Waals surface area (Å²) in [5, 5.41) is 5.53. The fourth-order valence-corrected chi connectivity index (χ4v) is 2.43. The van der Waals surface area contributed by atoms with Gasteiger partial charge in [0.2, 0.25) is 0 Å². The van der Waals surface area contributed by atoms with Crippen LogP contribution in [0.1, 0.15) is 28.0 Å². The first kappa shape index (κ1) is 19.9. The number of hydrogen-bond donors (Lipinski definition) is 2. The third-order valence-corrected chi connectivity index (χ3v) is 3.56. The molecule has 0 saturated carbocycles. The van der Waals surface area contributed by atoms with E-state index in [1.807, 2.05) is 25.1 Å². The van der Waals surface area contributed by atoms with Crippen molar-refractivity contribution >= 4 is 42.1 Å². The summed E-state index contributed by atoms with van der Waals surface area (Å²) in [5.74, 6) is -0.159. The second kappa shape index (κ2) is 9.73. The molecule has 3 N–H and O–H groups in total. The molecular weight excluding hydrogens is 329 g/mol. The van der Waals surface area contributed by atoms with E-state index < -0.39 is 0 Å². The number of rotatable bonds is 5. The molecule has 0 unspecified atom stereocenters. The molecule has 0 bridgehead atoms. The summed E-state index contributed by atoms with van der Waals surface area (Å²) in [6.45, 7) is 2.29. The molecule has 4 nitrogen and oxygen atoms in total. The van der Waals surface area contributed by atoms with Crippen LogP contribution in [0, 0.1) is 0 Å². The van der Waals surface area contributed by atoms with Gasteiger partial charge >= 0.3 is 0 Å². The number of aromatic nitrogens is 1. The van der Waals surface area contributed by atoms with Crippen LogP contribution in [0.2, 0.25) is 0 Å². The summed E-state index contributed by atoms with van der Waals surface area (Å²) < 4.78 is 0. The van der Waals surface area contributed by atoms with Crippen LogP contribution in [0.4, 0.5) is 0 Å². The third-order valence-electron chi connectivity index (χ3n) is 2.71. The first-order valence-electron chi connectivity index (χ1n) is 6.18. The van der Waals surface area contributed by atoms with Gasteiger partial charge in [-0.15, -0.1) is 36.2 Å². The quantitative estimate of drug-likeness (QED) is 0.873. The van der Waals surface area contributed by atoms with Gasteiger partial charge in [-0.2, -0.15) is 0 Å². The largest absolute Gasteiger partial charge is 0.347 e. The SMILES string of the molecule is C[C@@H](CN)NC(=O)c1csc(Cc2ccccc2)n1.Cl.Cl. The lowest BCUT2D eigenvalue weighted by Gasteiger charge is -2.09. The molecule has 0 radical (unpaired) electrons. The normalized spacial score (nSPS) is 11.0. The van der Waals surface area contributed by atoms with Gasteiger partial charge in [-0.1, -0.05) is 30.3 Å². The average molecular weight is 348 g/mol. The number of carbonyl (C=O) groups is 1. The fraction of sp³-hybridized carbons (Fsp3) is 0.286. The van der Waals surface area contributed by atoms with Crippen LogP contribution in [-0.4, -0.2) is 23.5 Å². The number of benzene rings is 1. The summed E-state index contributed by atoms with van der Waals surface area (Å²) in [6.07, 6.45) is 0.755. The molecule has 1 aromatic carbocycles. The number of amides is 1. The molecule has 0 spiro atoms. The standard InChI is InChI=1S/C14H17N3OS.2ClH/c1-10(8-15)16-14(18)12-9-19-13(17-12)7-11-5-3-2-4-6-11;;/h2-6,9-10H,7-8,15H2,1H3,(H,16,18);2*1H/t10-;;/m0../s1. The minimum atomic E-state index is -0.159. The van der Waals surface area contributed by atoms with Gasteiger partial charge in [0.05, 0.1) is 5.01 Å². The van der Waals surface area contributed by atoms with E-state index in [1.165, 1.54) is 16.9 Å². The van der Waals surface area contributed by atoms with Crippen LogP contribution in [0.5, 0.6) is 0 Å². The van der Waals surface area contributed by atoms with Crippen molar-refractivity contribution in [2.24, 2.45) is 5.73 Å². The van der Waals surface area contributed by atoms with E-state index in [-0.39, 0.29) is 36.8 Å². The number of carbonyl (C=O) groups excluding carboxylic acids is 1. The Kier molecular flexibility index (Phi) is 9.21. The van der Waals surface area contributed by atoms with Crippen molar-refractivity contribution in [2.45, 2.75) is 19.4 Å². The number of halogens is 2. The second-order valence-electron chi connectivity index (χ2n) is 4.40. The van der Waals surface area contributed by atoms with Crippen LogP contribution < -0.4 is 11.1 Å². The van der Waals surface area contributed by atoms with Gasteiger partial charge in [0, 0.05) is 24.4 Å². The van der Waals surface area contributed by atoms with Gasteiger partial charge in [0.25, 0.3) is 5.91 Å². The monoisotopic (exact) mass is 347 g/mol. The van der Waals surface area contributed by atoms with Crippen molar-refractivity contribution in [3.8, 4) is 0 Å². The predicted octanol–water partition coefficient (Wildman–Crippen LogP) is 2.65. The Morgan fingerprint density at radius 3 is 2.62 bits per heavy atom. The van der Waals surface area contributed by atoms with Crippen LogP contribution in [0.3, 0.4) is 0 Å². The summed E-state index contributed by atoms with van der Waals surface area (Å²) in [7, 11) is 0. The number of nitrogens with zero attached hydrogens (tertiary/aromatic N) is 1. The average Bonchev–Trinajstić information content (AvgIpc) is 2.88. The lowest BCUT2D eigenvalue weighted by Crippen LogP contribution is -2.37. The van der Waals surface area contributed by atoms with Crippen LogP contribution >= 0.6 is 36.2 Å². The fourth-order valence-electron chi connectivity index (χ4n) is 1.62. The topological polar surface area (TPSA) is 68.0 Å². The molecular formula is C14H19Cl2N3OS. The maximum Gasteiger partial charge on any atom is 0.271 e. The summed E-state index contributed by atoms with van der Waals surface area (Å²) in [4.78, 5) is 16.2. The lowest BCUT2D eigenvalue weighted by atomic mass is 10.2. The maximum atomic E-state index is 11.9. The summed E-state index contributed by atoms with van der Waals surface area (Å²) in [5.41, 5.74) is 7.14. The van der Waals surface area contributed by atoms with Gasteiger partial charge in [0.1, 0.15) is 5.69 Å². The summed E-state index contributed by atoms with van der Waals surface area (Å²) in [6, 6.07) is 10.1. The third kappa shape index (κ3) is 6.01. The van der Waals surface area contributed by atoms with Gasteiger partial charge < -0.3 is 11.1 Å². The van der Waals surface area contributed by atoms with Gasteiger partial charge in [-0.05, 0) is 12.5 Å². The minimum Gasteiger partial charge on any atom is -0.347 e. The molecule has 1 heterocycles. The molecule has 1 atom stereocenters. The van der Waals surface area contributed by atoms with E-state index in [4.69, 9.17) is 5.73 Å². The predicted molar refractivity (Wildman–Crippen MR) is 91.8 cm³/mol. The van der Waals surface area contributed by atoms with Gasteiger partial charge in [-0.3, -0.25) is 4.79 Å². The van der Waals surface area contributed by atoms with E-state index >= 15 is 0 Å². The zero-order valence-electron chi connectivity index (χ0n) is 11.6. The van der Waals surface area contributed by atoms with E-state index in [2.05, 4.69) is 22.4 Å². The molecule has 0 fully saturated rings. The second-order valence-corrected chi connectivity index (χ2v) is 5.34. The Morgan fingerprint density at radius 2 is 2.00 bits per heavy atom. The summed E-state index contributed by atoms with van der Waals surface area (Å²) >= 11 is 1.50. The Balaban J connectivity index is 0.00000200. The van der Waals surface area contributed by atoms with Crippen LogP contribution in [0.15, 0.2) is 35.7 Å². The molecule has 0 aliphatic heterocycles. The van der Waals surface area contributed by atoms with Crippen molar-refractivity contribution in [1.82, 2.24) is 10.3 Å². The molecule has 21 heavy (non-hydrogen) atoms. The molecule has 1 amide bonds. The maximum absolute atomic E-state index is 11.9. The highest BCUT2D eigenvalue weighted by Crippen LogP contribution is 2.14. The van der Waals surface area contributed by atoms with E-state index in [1.54, 1.807) is 5.38 Å². The number of nitrogens with one attached hydrogen (secondary N) is 1. The van der Waals surface area contributed by atoms with Crippen LogP contribution in [0.25, 0.3) is 0 Å². The first-order chi connectivity index (χ1) is 9.19. The van der Waals surface area contributed by atoms with Crippen LogP contribution in [-0.2, 0) is 6.42 Å². The van der Waals surface area contributed by atoms with Gasteiger partial charge in [-0.25, -0.2) is 4.98 Å². The number of nitrogens with two attached hydrogens (primary N) is 1.